The summed E-state index contributed by atoms with van der Waals surface area (Å²) in [7, 11) is 0. The van der Waals surface area contributed by atoms with Crippen molar-refractivity contribution in [3.05, 3.63) is 39.3 Å². The third kappa shape index (κ3) is 1.82. The summed E-state index contributed by atoms with van der Waals surface area (Å²) in [5, 5.41) is 8.20. The second-order valence-corrected chi connectivity index (χ2v) is 2.84. The summed E-state index contributed by atoms with van der Waals surface area (Å²) < 4.78 is 1.04. The lowest BCUT2D eigenvalue weighted by molar-refractivity contribution is 1.19. The normalized spacial score (nSPS) is 8.80. The van der Waals surface area contributed by atoms with Gasteiger partial charge in [-0.3, -0.25) is 0 Å². The van der Waals surface area contributed by atoms with E-state index in [1.54, 1.807) is 0 Å². The molecule has 50 valence electrons. The predicted molar refractivity (Wildman–Crippen MR) is 42.9 cm³/mol. The summed E-state index contributed by atoms with van der Waals surface area (Å²) in [4.78, 5) is 3.02. The SMILES string of the molecule is N#[N+]Cc1ccc(Br)cc1. The Bertz CT molecular complexity index is 247. The van der Waals surface area contributed by atoms with E-state index in [-0.39, 0.29) is 0 Å². The topological polar surface area (TPSA) is 28.1 Å². The van der Waals surface area contributed by atoms with Gasteiger partial charge < -0.3 is 0 Å². The maximum absolute atomic E-state index is 8.20. The van der Waals surface area contributed by atoms with Crippen LogP contribution in [-0.4, -0.2) is 0 Å². The number of halogens is 1. The van der Waals surface area contributed by atoms with Gasteiger partial charge in [-0.1, -0.05) is 28.1 Å². The number of diazo groups is 1. The predicted octanol–water partition coefficient (Wildman–Crippen LogP) is 2.80. The highest BCUT2D eigenvalue weighted by Crippen LogP contribution is 2.10. The Morgan fingerprint density at radius 1 is 1.30 bits per heavy atom. The average Bonchev–Trinajstić information content (AvgIpc) is 1.95. The Labute approximate surface area is 67.6 Å². The van der Waals surface area contributed by atoms with E-state index >= 15 is 0 Å². The minimum Gasteiger partial charge on any atom is -0.0508 e. The van der Waals surface area contributed by atoms with Gasteiger partial charge in [-0.05, 0) is 12.1 Å². The highest BCUT2D eigenvalue weighted by atomic mass is 79.9. The van der Waals surface area contributed by atoms with Crippen LogP contribution in [0.15, 0.2) is 28.7 Å². The fourth-order valence-corrected chi connectivity index (χ4v) is 0.936. The molecule has 0 atom stereocenters. The summed E-state index contributed by atoms with van der Waals surface area (Å²) in [5.41, 5.74) is 1.01. The number of rotatable bonds is 1. The lowest BCUT2D eigenvalue weighted by Crippen LogP contribution is -1.76. The van der Waals surface area contributed by atoms with E-state index in [1.807, 2.05) is 24.3 Å². The lowest BCUT2D eigenvalue weighted by atomic mass is 10.2. The van der Waals surface area contributed by atoms with Crippen LogP contribution in [0.1, 0.15) is 5.56 Å². The molecule has 0 N–H and O–H groups in total. The minimum atomic E-state index is 0.368. The van der Waals surface area contributed by atoms with Crippen molar-refractivity contribution in [2.45, 2.75) is 6.54 Å². The van der Waals surface area contributed by atoms with Crippen molar-refractivity contribution in [2.75, 3.05) is 0 Å². The lowest BCUT2D eigenvalue weighted by Gasteiger charge is -1.87. The van der Waals surface area contributed by atoms with Gasteiger partial charge in [0, 0.05) is 10.0 Å². The van der Waals surface area contributed by atoms with E-state index in [1.165, 1.54) is 0 Å². The molecule has 0 aromatic heterocycles. The number of nitrogens with zero attached hydrogens (tertiary/aromatic N) is 2. The molecule has 10 heavy (non-hydrogen) atoms. The quantitative estimate of drug-likeness (QED) is 0.637. The first kappa shape index (κ1) is 7.23. The Morgan fingerprint density at radius 2 is 1.90 bits per heavy atom. The summed E-state index contributed by atoms with van der Waals surface area (Å²) in [6.07, 6.45) is 0. The van der Waals surface area contributed by atoms with Crippen molar-refractivity contribution in [1.82, 2.24) is 0 Å². The smallest absolute Gasteiger partial charge is 0.0508 e. The summed E-state index contributed by atoms with van der Waals surface area (Å²) in [6, 6.07) is 7.65. The van der Waals surface area contributed by atoms with E-state index < -0.39 is 0 Å². The number of hydrogen-bond donors (Lipinski definition) is 0. The van der Waals surface area contributed by atoms with Gasteiger partial charge in [0.25, 0.3) is 0 Å². The number of benzene rings is 1. The van der Waals surface area contributed by atoms with Gasteiger partial charge in [-0.2, -0.15) is 0 Å². The Hall–Kier alpha value is -0.880. The zero-order valence-corrected chi connectivity index (χ0v) is 6.87. The van der Waals surface area contributed by atoms with Gasteiger partial charge in [0.1, 0.15) is 4.98 Å². The van der Waals surface area contributed by atoms with Crippen LogP contribution < -0.4 is 0 Å². The van der Waals surface area contributed by atoms with E-state index in [0.29, 0.717) is 6.54 Å². The van der Waals surface area contributed by atoms with Crippen LogP contribution in [0.3, 0.4) is 0 Å². The molecule has 0 aliphatic rings. The molecule has 0 aliphatic heterocycles. The largest absolute Gasteiger partial charge is 0.330 e. The molecule has 0 saturated carbocycles. The Kier molecular flexibility index (Phi) is 2.41. The molecule has 0 spiro atoms. The van der Waals surface area contributed by atoms with Crippen LogP contribution >= 0.6 is 15.9 Å². The van der Waals surface area contributed by atoms with E-state index in [4.69, 9.17) is 5.39 Å². The van der Waals surface area contributed by atoms with Crippen molar-refractivity contribution < 1.29 is 0 Å². The molecular weight excluding hydrogens is 192 g/mol. The average molecular weight is 198 g/mol. The molecule has 0 aliphatic carbocycles. The molecule has 0 amide bonds. The van der Waals surface area contributed by atoms with Crippen molar-refractivity contribution in [2.24, 2.45) is 0 Å². The molecular formula is C7H6BrN2+. The maximum Gasteiger partial charge on any atom is 0.330 e. The maximum atomic E-state index is 8.20. The fourth-order valence-electron chi connectivity index (χ4n) is 0.671. The first-order chi connectivity index (χ1) is 4.83. The second kappa shape index (κ2) is 3.33. The third-order valence-electron chi connectivity index (χ3n) is 1.17. The van der Waals surface area contributed by atoms with Crippen LogP contribution in [-0.2, 0) is 6.54 Å². The summed E-state index contributed by atoms with van der Waals surface area (Å²) >= 11 is 3.30. The molecule has 3 heteroatoms. The first-order valence-electron chi connectivity index (χ1n) is 2.88. The van der Waals surface area contributed by atoms with E-state index in [9.17, 15) is 0 Å². The first-order valence-corrected chi connectivity index (χ1v) is 3.67. The van der Waals surface area contributed by atoms with Crippen LogP contribution in [0.25, 0.3) is 4.98 Å². The molecule has 0 fully saturated rings. The zero-order chi connectivity index (χ0) is 7.40. The Balaban J connectivity index is 2.81. The molecule has 1 aromatic carbocycles. The fraction of sp³-hybridized carbons (Fsp3) is 0.143. The van der Waals surface area contributed by atoms with Gasteiger partial charge in [0.15, 0.2) is 0 Å². The van der Waals surface area contributed by atoms with Crippen molar-refractivity contribution in [3.8, 4) is 0 Å². The summed E-state index contributed by atoms with van der Waals surface area (Å²) in [6.45, 7) is 0.368. The molecule has 0 heterocycles. The van der Waals surface area contributed by atoms with Crippen molar-refractivity contribution in [3.63, 3.8) is 0 Å². The van der Waals surface area contributed by atoms with Crippen LogP contribution in [0.5, 0.6) is 0 Å². The van der Waals surface area contributed by atoms with Gasteiger partial charge in [0.2, 0.25) is 5.39 Å². The standard InChI is InChI=1S/C7H6BrN2/c8-7-3-1-6(2-4-7)5-10-9/h1-4H,5H2/q+1. The zero-order valence-electron chi connectivity index (χ0n) is 5.29. The van der Waals surface area contributed by atoms with Crippen molar-refractivity contribution in [1.29, 1.82) is 5.39 Å². The molecule has 0 unspecified atom stereocenters. The second-order valence-electron chi connectivity index (χ2n) is 1.93. The molecule has 0 bridgehead atoms. The molecule has 1 aromatic rings. The van der Waals surface area contributed by atoms with E-state index in [2.05, 4.69) is 20.9 Å². The molecule has 0 saturated heterocycles. The van der Waals surface area contributed by atoms with Crippen LogP contribution in [0, 0.1) is 5.39 Å². The highest BCUT2D eigenvalue weighted by molar-refractivity contribution is 9.10. The van der Waals surface area contributed by atoms with Crippen molar-refractivity contribution >= 4 is 15.9 Å². The van der Waals surface area contributed by atoms with Gasteiger partial charge in [-0.15, -0.1) is 0 Å². The molecule has 0 radical (unpaired) electrons. The Morgan fingerprint density at radius 3 is 2.40 bits per heavy atom. The van der Waals surface area contributed by atoms with Gasteiger partial charge >= 0.3 is 6.54 Å². The number of hydrogen-bond acceptors (Lipinski definition) is 1. The molecule has 1 rings (SSSR count). The summed E-state index contributed by atoms with van der Waals surface area (Å²) in [5.74, 6) is 0. The monoisotopic (exact) mass is 197 g/mol. The van der Waals surface area contributed by atoms with Crippen LogP contribution in [0.4, 0.5) is 0 Å². The molecule has 2 nitrogen and oxygen atoms in total. The van der Waals surface area contributed by atoms with E-state index in [0.717, 1.165) is 10.0 Å². The van der Waals surface area contributed by atoms with Crippen LogP contribution in [0.2, 0.25) is 0 Å². The highest BCUT2D eigenvalue weighted by Gasteiger charge is 1.97. The van der Waals surface area contributed by atoms with Gasteiger partial charge in [-0.25, -0.2) is 0 Å². The van der Waals surface area contributed by atoms with Gasteiger partial charge in [0.05, 0.1) is 0 Å². The minimum absolute atomic E-state index is 0.368. The third-order valence-corrected chi connectivity index (χ3v) is 1.70.